The van der Waals surface area contributed by atoms with Gasteiger partial charge in [0.15, 0.2) is 11.8 Å². The second kappa shape index (κ2) is 14.3. The van der Waals surface area contributed by atoms with Crippen molar-refractivity contribution in [3.8, 4) is 0 Å². The van der Waals surface area contributed by atoms with E-state index in [2.05, 4.69) is 53.5 Å². The number of aliphatic imine (C=N–C) groups is 1. The normalized spacial score (nSPS) is 11.7. The van der Waals surface area contributed by atoms with Crippen LogP contribution in [0.1, 0.15) is 77.4 Å². The molecule has 7 heteroatoms. The molecule has 0 aliphatic carbocycles. The molecule has 6 nitrogen and oxygen atoms in total. The fourth-order valence-corrected chi connectivity index (χ4v) is 2.35. The lowest BCUT2D eigenvalue weighted by Gasteiger charge is -2.11. The first-order valence-electron chi connectivity index (χ1n) is 9.30. The number of rotatable bonds is 11. The highest BCUT2D eigenvalue weighted by atomic mass is 127. The zero-order chi connectivity index (χ0) is 17.8. The topological polar surface area (TPSA) is 75.3 Å². The van der Waals surface area contributed by atoms with E-state index < -0.39 is 0 Å². The molecule has 1 heterocycles. The summed E-state index contributed by atoms with van der Waals surface area (Å²) in [6.45, 7) is 10.4. The molecule has 0 saturated carbocycles. The molecule has 0 radical (unpaired) electrons. The highest BCUT2D eigenvalue weighted by Gasteiger charge is 2.09. The maximum atomic E-state index is 5.23. The van der Waals surface area contributed by atoms with E-state index >= 15 is 0 Å². The monoisotopic (exact) mass is 465 g/mol. The molecule has 1 aromatic heterocycles. The molecule has 2 N–H and O–H groups in total. The Balaban J connectivity index is 0.00000576. The second-order valence-electron chi connectivity index (χ2n) is 6.97. The quantitative estimate of drug-likeness (QED) is 0.223. The summed E-state index contributed by atoms with van der Waals surface area (Å²) in [5.41, 5.74) is 0. The first kappa shape index (κ1) is 24.1. The highest BCUT2D eigenvalue weighted by Crippen LogP contribution is 2.10. The zero-order valence-corrected chi connectivity index (χ0v) is 18.8. The van der Waals surface area contributed by atoms with Crippen LogP contribution in [0.2, 0.25) is 0 Å². The van der Waals surface area contributed by atoms with E-state index in [9.17, 15) is 0 Å². The van der Waals surface area contributed by atoms with Gasteiger partial charge in [-0.25, -0.2) is 0 Å². The van der Waals surface area contributed by atoms with Gasteiger partial charge in [0.2, 0.25) is 5.89 Å². The van der Waals surface area contributed by atoms with Gasteiger partial charge in [-0.2, -0.15) is 4.98 Å². The molecule has 1 rings (SSSR count). The predicted molar refractivity (Wildman–Crippen MR) is 115 cm³/mol. The second-order valence-corrected chi connectivity index (χ2v) is 6.97. The van der Waals surface area contributed by atoms with Gasteiger partial charge >= 0.3 is 0 Å². The Bertz CT molecular complexity index is 474. The average Bonchev–Trinajstić information content (AvgIpc) is 3.01. The van der Waals surface area contributed by atoms with E-state index in [1.165, 1.54) is 32.1 Å². The molecule has 1 aromatic rings. The molecule has 0 spiro atoms. The highest BCUT2D eigenvalue weighted by molar-refractivity contribution is 14.0. The van der Waals surface area contributed by atoms with Crippen molar-refractivity contribution in [1.29, 1.82) is 0 Å². The number of aromatic nitrogens is 2. The molecule has 0 aliphatic heterocycles. The van der Waals surface area contributed by atoms with Crippen LogP contribution in [0.3, 0.4) is 0 Å². The van der Waals surface area contributed by atoms with Crippen molar-refractivity contribution in [1.82, 2.24) is 20.8 Å². The minimum Gasteiger partial charge on any atom is -0.356 e. The standard InChI is InChI=1S/C18H35N5O.HI/c1-14(2)10-8-6-7-9-12-20-18(19-5)21-13-11-16-22-17(15(3)4)23-24-16;/h14-15H,6-13H2,1-5H3,(H2,19,20,21);1H. The Morgan fingerprint density at radius 1 is 1.04 bits per heavy atom. The lowest BCUT2D eigenvalue weighted by Crippen LogP contribution is -2.38. The van der Waals surface area contributed by atoms with E-state index in [4.69, 9.17) is 4.52 Å². The maximum Gasteiger partial charge on any atom is 0.228 e. The van der Waals surface area contributed by atoms with Crippen molar-refractivity contribution in [2.45, 2.75) is 72.1 Å². The number of halogens is 1. The lowest BCUT2D eigenvalue weighted by molar-refractivity contribution is 0.371. The number of unbranched alkanes of at least 4 members (excludes halogenated alkanes) is 3. The summed E-state index contributed by atoms with van der Waals surface area (Å²) in [4.78, 5) is 8.61. The van der Waals surface area contributed by atoms with Gasteiger partial charge in [-0.1, -0.05) is 58.5 Å². The first-order chi connectivity index (χ1) is 11.5. The summed E-state index contributed by atoms with van der Waals surface area (Å²) >= 11 is 0. The fourth-order valence-electron chi connectivity index (χ4n) is 2.35. The van der Waals surface area contributed by atoms with Crippen LogP contribution in [0.5, 0.6) is 0 Å². The minimum atomic E-state index is 0. The number of nitrogens with one attached hydrogen (secondary N) is 2. The van der Waals surface area contributed by atoms with Crippen LogP contribution in [-0.4, -0.2) is 36.2 Å². The van der Waals surface area contributed by atoms with Crippen LogP contribution in [0.15, 0.2) is 9.52 Å². The molecule has 0 atom stereocenters. The van der Waals surface area contributed by atoms with Crippen LogP contribution in [0.25, 0.3) is 0 Å². The van der Waals surface area contributed by atoms with E-state index in [1.54, 1.807) is 7.05 Å². The lowest BCUT2D eigenvalue weighted by atomic mass is 10.0. The smallest absolute Gasteiger partial charge is 0.228 e. The predicted octanol–water partition coefficient (Wildman–Crippen LogP) is 4.13. The van der Waals surface area contributed by atoms with Crippen molar-refractivity contribution >= 4 is 29.9 Å². The van der Waals surface area contributed by atoms with Crippen molar-refractivity contribution in [3.05, 3.63) is 11.7 Å². The van der Waals surface area contributed by atoms with Crippen LogP contribution in [0.4, 0.5) is 0 Å². The zero-order valence-electron chi connectivity index (χ0n) is 16.5. The number of hydrogen-bond acceptors (Lipinski definition) is 4. The Hall–Kier alpha value is -0.860. The Kier molecular flexibility index (Phi) is 13.8. The molecular weight excluding hydrogens is 429 g/mol. The SMILES string of the molecule is CN=C(NCCCCCCC(C)C)NCCc1nc(C(C)C)no1.I. The molecule has 0 bridgehead atoms. The van der Waals surface area contributed by atoms with Gasteiger partial charge in [-0.15, -0.1) is 24.0 Å². The van der Waals surface area contributed by atoms with E-state index in [0.29, 0.717) is 18.2 Å². The van der Waals surface area contributed by atoms with Gasteiger partial charge in [-0.3, -0.25) is 4.99 Å². The van der Waals surface area contributed by atoms with Gasteiger partial charge in [0.25, 0.3) is 0 Å². The molecule has 0 unspecified atom stereocenters. The summed E-state index contributed by atoms with van der Waals surface area (Å²) in [5, 5.41) is 10.6. The third kappa shape index (κ3) is 11.4. The molecule has 146 valence electrons. The maximum absolute atomic E-state index is 5.23. The summed E-state index contributed by atoms with van der Waals surface area (Å²) in [6, 6.07) is 0. The molecule has 0 amide bonds. The molecule has 0 fully saturated rings. The fraction of sp³-hybridized carbons (Fsp3) is 0.833. The third-order valence-corrected chi connectivity index (χ3v) is 3.86. The summed E-state index contributed by atoms with van der Waals surface area (Å²) in [5.74, 6) is 3.39. The number of nitrogens with zero attached hydrogens (tertiary/aromatic N) is 3. The van der Waals surface area contributed by atoms with Crippen molar-refractivity contribution in [2.24, 2.45) is 10.9 Å². The Morgan fingerprint density at radius 3 is 2.32 bits per heavy atom. The third-order valence-electron chi connectivity index (χ3n) is 3.86. The van der Waals surface area contributed by atoms with Crippen LogP contribution >= 0.6 is 24.0 Å². The molecular formula is C18H36IN5O. The van der Waals surface area contributed by atoms with Crippen molar-refractivity contribution in [2.75, 3.05) is 20.1 Å². The summed E-state index contributed by atoms with van der Waals surface area (Å²) in [6.07, 6.45) is 7.16. The first-order valence-corrected chi connectivity index (χ1v) is 9.30. The molecule has 25 heavy (non-hydrogen) atoms. The average molecular weight is 465 g/mol. The molecule has 0 saturated heterocycles. The number of hydrogen-bond donors (Lipinski definition) is 2. The van der Waals surface area contributed by atoms with Gasteiger partial charge in [0.05, 0.1) is 0 Å². The van der Waals surface area contributed by atoms with Crippen LogP contribution < -0.4 is 10.6 Å². The Morgan fingerprint density at radius 2 is 1.72 bits per heavy atom. The number of guanidine groups is 1. The van der Waals surface area contributed by atoms with Gasteiger partial charge in [0, 0.05) is 32.5 Å². The van der Waals surface area contributed by atoms with Crippen LogP contribution in [-0.2, 0) is 6.42 Å². The minimum absolute atomic E-state index is 0. The van der Waals surface area contributed by atoms with Gasteiger partial charge in [-0.05, 0) is 12.3 Å². The van der Waals surface area contributed by atoms with Gasteiger partial charge in [0.1, 0.15) is 0 Å². The van der Waals surface area contributed by atoms with Crippen molar-refractivity contribution < 1.29 is 4.52 Å². The molecule has 0 aliphatic rings. The Labute approximate surface area is 170 Å². The van der Waals surface area contributed by atoms with Crippen molar-refractivity contribution in [3.63, 3.8) is 0 Å². The van der Waals surface area contributed by atoms with E-state index in [-0.39, 0.29) is 24.0 Å². The van der Waals surface area contributed by atoms with Crippen LogP contribution in [0, 0.1) is 5.92 Å². The summed E-state index contributed by atoms with van der Waals surface area (Å²) in [7, 11) is 1.79. The summed E-state index contributed by atoms with van der Waals surface area (Å²) < 4.78 is 5.23. The largest absolute Gasteiger partial charge is 0.356 e. The van der Waals surface area contributed by atoms with E-state index in [1.807, 2.05) is 0 Å². The molecule has 0 aromatic carbocycles. The van der Waals surface area contributed by atoms with Gasteiger partial charge < -0.3 is 15.2 Å². The van der Waals surface area contributed by atoms with E-state index in [0.717, 1.165) is 30.8 Å².